The Morgan fingerprint density at radius 1 is 0.966 bits per heavy atom. The van der Waals surface area contributed by atoms with E-state index in [4.69, 9.17) is 4.98 Å². The number of nitrogens with one attached hydrogen (secondary N) is 1. The molecule has 29 heavy (non-hydrogen) atoms. The van der Waals surface area contributed by atoms with Gasteiger partial charge in [0.05, 0.1) is 5.52 Å². The highest BCUT2D eigenvalue weighted by molar-refractivity contribution is 9.10. The first-order valence-electron chi connectivity index (χ1n) is 9.07. The number of para-hydroxylation sites is 1. The summed E-state index contributed by atoms with van der Waals surface area (Å²) >= 11 is 3.51. The normalized spacial score (nSPS) is 11.2. The smallest absolute Gasteiger partial charge is 0.186 e. The van der Waals surface area contributed by atoms with E-state index < -0.39 is 0 Å². The van der Waals surface area contributed by atoms with Crippen molar-refractivity contribution in [1.29, 1.82) is 0 Å². The van der Waals surface area contributed by atoms with Crippen LogP contribution in [-0.4, -0.2) is 19.8 Å². The molecule has 0 saturated carbocycles. The van der Waals surface area contributed by atoms with Crippen LogP contribution >= 0.6 is 15.9 Å². The second kappa shape index (κ2) is 7.25. The molecule has 0 amide bonds. The minimum Gasteiger partial charge on any atom is -0.365 e. The third-order valence-electron chi connectivity index (χ3n) is 4.72. The Kier molecular flexibility index (Phi) is 4.44. The fourth-order valence-electron chi connectivity index (χ4n) is 3.33. The third kappa shape index (κ3) is 3.34. The van der Waals surface area contributed by atoms with Crippen molar-refractivity contribution in [3.05, 3.63) is 88.6 Å². The first kappa shape index (κ1) is 17.8. The van der Waals surface area contributed by atoms with Gasteiger partial charge in [-0.05, 0) is 54.1 Å². The molecule has 0 atom stereocenters. The van der Waals surface area contributed by atoms with E-state index in [9.17, 15) is 4.39 Å². The van der Waals surface area contributed by atoms with Crippen molar-refractivity contribution < 1.29 is 4.39 Å². The molecule has 5 nitrogen and oxygen atoms in total. The number of fused-ring (bicyclic) bond motifs is 3. The number of hydrogen-bond acceptors (Lipinski definition) is 4. The van der Waals surface area contributed by atoms with Crippen LogP contribution in [0, 0.1) is 5.82 Å². The zero-order valence-corrected chi connectivity index (χ0v) is 16.8. The molecule has 0 aliphatic rings. The highest BCUT2D eigenvalue weighted by Gasteiger charge is 2.15. The van der Waals surface area contributed by atoms with Crippen molar-refractivity contribution in [1.82, 2.24) is 19.8 Å². The van der Waals surface area contributed by atoms with Gasteiger partial charge in [0.15, 0.2) is 5.65 Å². The molecule has 5 rings (SSSR count). The topological polar surface area (TPSA) is 55.1 Å². The molecule has 0 radical (unpaired) electrons. The van der Waals surface area contributed by atoms with Crippen LogP contribution < -0.4 is 5.32 Å². The van der Waals surface area contributed by atoms with E-state index in [1.54, 1.807) is 16.6 Å². The summed E-state index contributed by atoms with van der Waals surface area (Å²) in [5, 5.41) is 13.0. The summed E-state index contributed by atoms with van der Waals surface area (Å²) in [6, 6.07) is 22.2. The number of anilines is 1. The maximum absolute atomic E-state index is 13.3. The average Bonchev–Trinajstić information content (AvgIpc) is 3.17. The van der Waals surface area contributed by atoms with Crippen LogP contribution in [0.3, 0.4) is 0 Å². The van der Waals surface area contributed by atoms with E-state index in [-0.39, 0.29) is 5.82 Å². The fraction of sp³-hybridized carbons (Fsp3) is 0.0455. The molecule has 0 aliphatic carbocycles. The molecular formula is C22H15BrFN5. The molecule has 0 unspecified atom stereocenters. The van der Waals surface area contributed by atoms with Crippen molar-refractivity contribution in [2.24, 2.45) is 0 Å². The van der Waals surface area contributed by atoms with Crippen LogP contribution in [0.5, 0.6) is 0 Å². The highest BCUT2D eigenvalue weighted by atomic mass is 79.9. The monoisotopic (exact) mass is 447 g/mol. The average molecular weight is 448 g/mol. The van der Waals surface area contributed by atoms with Gasteiger partial charge in [-0.1, -0.05) is 45.4 Å². The predicted octanol–water partition coefficient (Wildman–Crippen LogP) is 5.46. The number of halogens is 2. The maximum atomic E-state index is 13.3. The van der Waals surface area contributed by atoms with Crippen molar-refractivity contribution in [3.63, 3.8) is 0 Å². The van der Waals surface area contributed by atoms with Gasteiger partial charge in [-0.3, -0.25) is 0 Å². The van der Waals surface area contributed by atoms with Gasteiger partial charge in [0.25, 0.3) is 0 Å². The summed E-state index contributed by atoms with van der Waals surface area (Å²) in [7, 11) is 0. The number of nitrogens with zero attached hydrogens (tertiary/aromatic N) is 4. The Labute approximate surface area is 174 Å². The van der Waals surface area contributed by atoms with Crippen LogP contribution in [0.4, 0.5) is 10.2 Å². The van der Waals surface area contributed by atoms with E-state index in [1.165, 1.54) is 12.1 Å². The van der Waals surface area contributed by atoms with E-state index >= 15 is 0 Å². The molecule has 0 aliphatic heterocycles. The van der Waals surface area contributed by atoms with E-state index in [2.05, 4.69) is 43.7 Å². The summed E-state index contributed by atoms with van der Waals surface area (Å²) in [6.07, 6.45) is 0. The van der Waals surface area contributed by atoms with Crippen LogP contribution in [0.1, 0.15) is 5.56 Å². The summed E-state index contributed by atoms with van der Waals surface area (Å²) in [6.45, 7) is 0.625. The van der Waals surface area contributed by atoms with Crippen molar-refractivity contribution in [2.45, 2.75) is 6.54 Å². The molecule has 0 spiro atoms. The number of hydrogen-bond donors (Lipinski definition) is 1. The van der Waals surface area contributed by atoms with Gasteiger partial charge < -0.3 is 5.32 Å². The van der Waals surface area contributed by atoms with Gasteiger partial charge in [-0.2, -0.15) is 4.52 Å². The Balaban J connectivity index is 1.63. The Morgan fingerprint density at radius 3 is 2.62 bits per heavy atom. The lowest BCUT2D eigenvalue weighted by Gasteiger charge is -2.11. The second-order valence-corrected chi connectivity index (χ2v) is 7.56. The quantitative estimate of drug-likeness (QED) is 0.397. The molecule has 0 fully saturated rings. The molecule has 7 heteroatoms. The molecule has 0 bridgehead atoms. The number of rotatable bonds is 4. The lowest BCUT2D eigenvalue weighted by molar-refractivity contribution is 0.628. The third-order valence-corrected chi connectivity index (χ3v) is 5.21. The molecule has 0 saturated heterocycles. The molecular weight excluding hydrogens is 433 g/mol. The maximum Gasteiger partial charge on any atom is 0.186 e. The summed E-state index contributed by atoms with van der Waals surface area (Å²) < 4.78 is 16.1. The van der Waals surface area contributed by atoms with Crippen LogP contribution in [0.25, 0.3) is 27.8 Å². The number of benzene rings is 3. The SMILES string of the molecule is Fc1ccc(-c2nnn3c2nc(NCc2cccc(Br)c2)c2ccccc23)cc1. The minimum absolute atomic E-state index is 0.292. The largest absolute Gasteiger partial charge is 0.365 e. The molecule has 2 aromatic heterocycles. The first-order chi connectivity index (χ1) is 14.2. The zero-order valence-electron chi connectivity index (χ0n) is 15.2. The Hall–Kier alpha value is -3.32. The lowest BCUT2D eigenvalue weighted by Crippen LogP contribution is -2.05. The Morgan fingerprint density at radius 2 is 1.79 bits per heavy atom. The highest BCUT2D eigenvalue weighted by Crippen LogP contribution is 2.28. The summed E-state index contributed by atoms with van der Waals surface area (Å²) in [4.78, 5) is 4.82. The summed E-state index contributed by atoms with van der Waals surface area (Å²) in [5.41, 5.74) is 4.03. The molecule has 1 N–H and O–H groups in total. The van der Waals surface area contributed by atoms with Gasteiger partial charge in [0, 0.05) is 22.0 Å². The minimum atomic E-state index is -0.292. The molecule has 142 valence electrons. The van der Waals surface area contributed by atoms with Crippen LogP contribution in [-0.2, 0) is 6.54 Å². The predicted molar refractivity (Wildman–Crippen MR) is 115 cm³/mol. The first-order valence-corrected chi connectivity index (χ1v) is 9.87. The van der Waals surface area contributed by atoms with Crippen molar-refractivity contribution in [2.75, 3.05) is 5.32 Å². The van der Waals surface area contributed by atoms with Crippen LogP contribution in [0.2, 0.25) is 0 Å². The van der Waals surface area contributed by atoms with Crippen molar-refractivity contribution in [3.8, 4) is 11.3 Å². The standard InChI is InChI=1S/C22H15BrFN5/c23-16-5-3-4-14(12-16)13-25-21-18-6-1-2-7-19(18)29-22(26-21)20(27-28-29)15-8-10-17(24)11-9-15/h1-12H,13H2,(H,25,26). The van der Waals surface area contributed by atoms with Crippen LogP contribution in [0.15, 0.2) is 77.3 Å². The van der Waals surface area contributed by atoms with Crippen molar-refractivity contribution >= 4 is 38.3 Å². The van der Waals surface area contributed by atoms with Gasteiger partial charge >= 0.3 is 0 Å². The van der Waals surface area contributed by atoms with E-state index in [1.807, 2.05) is 36.4 Å². The van der Waals surface area contributed by atoms with Gasteiger partial charge in [0.1, 0.15) is 17.3 Å². The molecule has 2 heterocycles. The zero-order chi connectivity index (χ0) is 19.8. The van der Waals surface area contributed by atoms with Gasteiger partial charge in [-0.15, -0.1) is 5.10 Å². The summed E-state index contributed by atoms with van der Waals surface area (Å²) in [5.74, 6) is 0.457. The fourth-order valence-corrected chi connectivity index (χ4v) is 3.77. The van der Waals surface area contributed by atoms with Gasteiger partial charge in [-0.25, -0.2) is 9.37 Å². The second-order valence-electron chi connectivity index (χ2n) is 6.64. The Bertz CT molecular complexity index is 1330. The number of aromatic nitrogens is 4. The lowest BCUT2D eigenvalue weighted by atomic mass is 10.1. The van der Waals surface area contributed by atoms with Gasteiger partial charge in [0.2, 0.25) is 0 Å². The van der Waals surface area contributed by atoms with E-state index in [0.29, 0.717) is 17.9 Å². The molecule has 5 aromatic rings. The van der Waals surface area contributed by atoms with E-state index in [0.717, 1.165) is 32.3 Å². The molecule has 3 aromatic carbocycles.